The Hall–Kier alpha value is -11.4. The molecule has 3 amide bonds. The van der Waals surface area contributed by atoms with Crippen LogP contribution in [-0.2, 0) is 105 Å². The van der Waals surface area contributed by atoms with Crippen molar-refractivity contribution < 1.29 is 159 Å². The third-order valence-electron chi connectivity index (χ3n) is 17.0. The highest BCUT2D eigenvalue weighted by atomic mass is 35.5. The molecule has 0 saturated carbocycles. The molecular formula is C85H115ClN6O29S2. The maximum absolute atomic E-state index is 12.4. The fourth-order valence-electron chi connectivity index (χ4n) is 11.3. The summed E-state index contributed by atoms with van der Waals surface area (Å²) in [4.78, 5) is 106. The predicted octanol–water partition coefficient (Wildman–Crippen LogP) is 5.95. The van der Waals surface area contributed by atoms with Crippen LogP contribution < -0.4 is 74.0 Å². The van der Waals surface area contributed by atoms with Crippen molar-refractivity contribution in [2.45, 2.75) is 199 Å². The number of nitrogens with one attached hydrogen (secondary N) is 3. The number of carboxylic acid groups (broad SMARTS) is 1. The number of ether oxygens (including phenoxy) is 13. The number of carbonyl (C=O) groups is 9. The number of quaternary nitrogens is 1. The predicted molar refractivity (Wildman–Crippen MR) is 448 cm³/mol. The average molecular weight is 1780 g/mol. The number of unbranched alkanes of at least 4 members (excludes halogenated alkanes) is 1. The van der Waals surface area contributed by atoms with Crippen molar-refractivity contribution >= 4 is 75.5 Å². The van der Waals surface area contributed by atoms with Crippen molar-refractivity contribution in [2.24, 2.45) is 11.5 Å². The largest absolute Gasteiger partial charge is 1.00 e. The van der Waals surface area contributed by atoms with Crippen LogP contribution in [0.25, 0.3) is 0 Å². The number of rotatable bonds is 31. The molecule has 10 rings (SSSR count). The second-order valence-corrected chi connectivity index (χ2v) is 32.1. The fourth-order valence-corrected chi connectivity index (χ4v) is 14.3. The van der Waals surface area contributed by atoms with E-state index in [9.17, 15) is 58.5 Å². The molecule has 38 heteroatoms. The summed E-state index contributed by atoms with van der Waals surface area (Å²) in [5.74, 6) is 0.335. The van der Waals surface area contributed by atoms with Gasteiger partial charge in [-0.05, 0) is 214 Å². The molecule has 1 saturated heterocycles. The molecule has 0 radical (unpaired) electrons. The molecule has 6 aromatic rings. The first kappa shape index (κ1) is 104. The summed E-state index contributed by atoms with van der Waals surface area (Å²) < 4.78 is 66.9. The number of alkyl carbamates (subject to hydrolysis) is 2. The number of esters is 5. The third kappa shape index (κ3) is 38.7. The zero-order valence-corrected chi connectivity index (χ0v) is 73.1. The minimum absolute atomic E-state index is 0. The van der Waals surface area contributed by atoms with Crippen LogP contribution in [0.5, 0.6) is 69.0 Å². The number of halogens is 1. The summed E-state index contributed by atoms with van der Waals surface area (Å²) in [6.45, 7) is 21.0. The molecule has 6 aromatic carbocycles. The number of fused-ring (bicyclic) bond motifs is 3. The molecule has 4 aliphatic rings. The smallest absolute Gasteiger partial charge is 0.408 e. The first-order valence-corrected chi connectivity index (χ1v) is 41.8. The van der Waals surface area contributed by atoms with Gasteiger partial charge in [-0.3, -0.25) is 14.4 Å². The van der Waals surface area contributed by atoms with Crippen LogP contribution in [0.1, 0.15) is 142 Å². The van der Waals surface area contributed by atoms with Gasteiger partial charge in [-0.1, -0.05) is 64.4 Å². The Bertz CT molecular complexity index is 4410. The number of carbonyl (C=O) groups excluding carboxylic acids is 8. The van der Waals surface area contributed by atoms with E-state index in [4.69, 9.17) is 93.5 Å². The van der Waals surface area contributed by atoms with E-state index < -0.39 is 83.5 Å². The lowest BCUT2D eigenvalue weighted by atomic mass is 10.0. The highest BCUT2D eigenvalue weighted by Crippen LogP contribution is 2.40. The number of hydrogen-bond donors (Lipinski definition) is 13. The zero-order valence-electron chi connectivity index (χ0n) is 70.7. The zero-order chi connectivity index (χ0) is 90.2. The molecule has 4 aliphatic heterocycles. The number of benzene rings is 6. The Morgan fingerprint density at radius 1 is 0.431 bits per heavy atom. The van der Waals surface area contributed by atoms with Gasteiger partial charge in [0.2, 0.25) is 26.3 Å². The highest BCUT2D eigenvalue weighted by Gasteiger charge is 2.31. The minimum atomic E-state index is -1.10. The number of carboxylic acids is 1. The van der Waals surface area contributed by atoms with Gasteiger partial charge in [-0.25, -0.2) is 28.8 Å². The summed E-state index contributed by atoms with van der Waals surface area (Å²) in [5.41, 5.74) is 17.8. The van der Waals surface area contributed by atoms with Crippen LogP contribution in [-0.4, -0.2) is 202 Å². The average Bonchev–Trinajstić information content (AvgIpc) is 1.73. The molecule has 0 spiro atoms. The molecule has 0 aliphatic carbocycles. The molecule has 17 N–H and O–H groups in total. The molecule has 35 nitrogen and oxygen atoms in total. The monoisotopic (exact) mass is 1780 g/mol. The van der Waals surface area contributed by atoms with E-state index in [0.717, 1.165) is 52.5 Å². The van der Waals surface area contributed by atoms with E-state index in [1.165, 1.54) is 60.7 Å². The highest BCUT2D eigenvalue weighted by molar-refractivity contribution is 8.77. The van der Waals surface area contributed by atoms with E-state index >= 15 is 0 Å². The number of aromatic hydroxyl groups is 6. The molecular weight excluding hydrogens is 1670 g/mol. The van der Waals surface area contributed by atoms with Crippen molar-refractivity contribution in [3.8, 4) is 69.0 Å². The van der Waals surface area contributed by atoms with E-state index in [-0.39, 0.29) is 124 Å². The van der Waals surface area contributed by atoms with Gasteiger partial charge in [-0.15, -0.1) is 0 Å². The van der Waals surface area contributed by atoms with Crippen LogP contribution >= 0.6 is 21.6 Å². The van der Waals surface area contributed by atoms with Crippen molar-refractivity contribution in [2.75, 3.05) is 59.2 Å². The topological polar surface area (TPSA) is 531 Å². The quantitative estimate of drug-likeness (QED) is 0.00786. The van der Waals surface area contributed by atoms with Gasteiger partial charge in [0.15, 0.2) is 75.0 Å². The van der Waals surface area contributed by atoms with Crippen molar-refractivity contribution in [3.63, 3.8) is 0 Å². The number of phenolic OH excluding ortho intramolecular Hbond substituents is 6. The SMILES string of the molecule is CCOC(=O)[C@@H](N)Cc1ccc2c(c1)OCO2.CCOC(=O)[C@@H]([NH3+])Cc1ccc(O)c(O)c1.CCOC(=O)[C@H](Cc1ccc(O)c(O)c1)NC(=O)OC(C)(C)C.CCOC(=O)[C@H](Cc1ccc2c(c1)OCO2)NC(=O)CCCCC1CCSS1.CCOC(=O)[C@H](Cc1ccc2c(c1)OCO2)NC(=O)OC(C)(C)C.N[C@@H](Cc1ccc(O)c(O)c1)C(=O)O.[Cl-]. The number of nitrogens with two attached hydrogens (primary N) is 2. The van der Waals surface area contributed by atoms with Gasteiger partial charge in [0.05, 0.1) is 33.0 Å². The van der Waals surface area contributed by atoms with Gasteiger partial charge in [0.25, 0.3) is 0 Å². The molecule has 1 unspecified atom stereocenters. The molecule has 7 atom stereocenters. The van der Waals surface area contributed by atoms with Crippen molar-refractivity contribution in [3.05, 3.63) is 143 Å². The minimum Gasteiger partial charge on any atom is -1.00 e. The van der Waals surface area contributed by atoms with E-state index in [1.807, 2.05) is 64.1 Å². The second kappa shape index (κ2) is 52.8. The Labute approximate surface area is 728 Å². The van der Waals surface area contributed by atoms with Gasteiger partial charge >= 0.3 is 48.0 Å². The van der Waals surface area contributed by atoms with Crippen LogP contribution in [0.15, 0.2) is 109 Å². The summed E-state index contributed by atoms with van der Waals surface area (Å²) in [6, 6.07) is 24.4. The lowest BCUT2D eigenvalue weighted by Crippen LogP contribution is -3.00. The number of amides is 3. The summed E-state index contributed by atoms with van der Waals surface area (Å²) >= 11 is 0. The molecule has 0 aromatic heterocycles. The van der Waals surface area contributed by atoms with Gasteiger partial charge in [0, 0.05) is 43.1 Å². The van der Waals surface area contributed by atoms with E-state index in [0.29, 0.717) is 78.8 Å². The summed E-state index contributed by atoms with van der Waals surface area (Å²) in [5, 5.41) is 72.4. The van der Waals surface area contributed by atoms with Crippen molar-refractivity contribution in [1.29, 1.82) is 0 Å². The molecule has 0 bridgehead atoms. The standard InChI is InChI=1S/C20H27NO5S2.C17H23NO6.C16H23NO6.C12H15NO4.C11H15NO4.C9H11NO4.ClH/c1-2-24-20(23)16(11-14-7-8-17-18(12-14)26-13-25-17)21-19(22)6-4-3-5-15-9-10-27-28-15;1-5-21-15(19)12(18-16(20)24-17(2,3)4)8-11-6-7-13-14(9-11)23-10-22-13;1-5-22-14(20)11(17-15(21)23-16(2,3)4)8-10-6-7-12(18)13(19)9-10;1-2-15-12(14)9(13)5-8-3-4-10-11(6-8)17-7-16-10;1-2-16-11(15)8(12)5-7-3-4-9(13)10(14)6-7;10-6(9(13)14)3-5-1-2-7(11)8(12)4-5;/h7-8,12,15-16H,2-6,9-11,13H2,1H3,(H,21,22);6-7,9,12H,5,8,10H2,1-4H3,(H,18,20);6-7,9,11,18-19H,5,8H2,1-4H3,(H,17,21);3-4,6,9H,2,5,7,13H2,1H3;3-4,6,8,13-14H,2,5,12H2,1H3;1-2,4,6,11-12H,3,10H2,(H,13,14);1H/t15?,16-;12-;11-;9-;8-;6-;/m000000./s1. The Morgan fingerprint density at radius 3 is 1.11 bits per heavy atom. The maximum atomic E-state index is 12.4. The molecule has 1 fully saturated rings. The fraction of sp³-hybridized carbons (Fsp3) is 0.471. The molecule has 678 valence electrons. The van der Waals surface area contributed by atoms with Gasteiger partial charge < -0.3 is 143 Å². The normalized spacial score (nSPS) is 14.3. The number of hydrogen-bond acceptors (Lipinski definition) is 32. The number of phenols is 6. The third-order valence-corrected chi connectivity index (χ3v) is 20.0. The first-order valence-electron chi connectivity index (χ1n) is 39.5. The first-order chi connectivity index (χ1) is 57.8. The van der Waals surface area contributed by atoms with Gasteiger partial charge in [0.1, 0.15) is 41.4 Å². The lowest BCUT2D eigenvalue weighted by Gasteiger charge is -2.23. The Balaban J connectivity index is 0.000000314. The molecule has 123 heavy (non-hydrogen) atoms. The van der Waals surface area contributed by atoms with Gasteiger partial charge in [-0.2, -0.15) is 0 Å². The maximum Gasteiger partial charge on any atom is 0.408 e. The lowest BCUT2D eigenvalue weighted by molar-refractivity contribution is -0.407. The molecule has 4 heterocycles. The van der Waals surface area contributed by atoms with Crippen molar-refractivity contribution in [1.82, 2.24) is 16.0 Å². The Kier molecular flexibility index (Phi) is 44.7. The summed E-state index contributed by atoms with van der Waals surface area (Å²) in [6.07, 6.45) is 4.95. The second-order valence-electron chi connectivity index (χ2n) is 29.4. The van der Waals surface area contributed by atoms with Crippen LogP contribution in [0.3, 0.4) is 0 Å². The van der Waals surface area contributed by atoms with E-state index in [1.54, 1.807) is 94.4 Å². The van der Waals surface area contributed by atoms with Crippen LogP contribution in [0, 0.1) is 0 Å². The summed E-state index contributed by atoms with van der Waals surface area (Å²) in [7, 11) is 3.91. The van der Waals surface area contributed by atoms with E-state index in [2.05, 4.69) is 21.7 Å². The Morgan fingerprint density at radius 2 is 0.756 bits per heavy atom. The number of aliphatic carboxylic acids is 1. The van der Waals surface area contributed by atoms with Crippen LogP contribution in [0.4, 0.5) is 9.59 Å². The van der Waals surface area contributed by atoms with Crippen LogP contribution in [0.2, 0.25) is 0 Å².